The first-order valence-corrected chi connectivity index (χ1v) is 5.14. The molecule has 0 rings (SSSR count). The second-order valence-corrected chi connectivity index (χ2v) is 5.04. The summed E-state index contributed by atoms with van der Waals surface area (Å²) < 4.78 is 4.96. The molecule has 0 heterocycles. The van der Waals surface area contributed by atoms with E-state index in [1.165, 1.54) is 6.08 Å². The van der Waals surface area contributed by atoms with Gasteiger partial charge in [-0.2, -0.15) is 0 Å². The van der Waals surface area contributed by atoms with E-state index in [1.807, 2.05) is 0 Å². The van der Waals surface area contributed by atoms with Crippen LogP contribution < -0.4 is 0 Å². The van der Waals surface area contributed by atoms with E-state index in [9.17, 15) is 4.79 Å². The van der Waals surface area contributed by atoms with Crippen molar-refractivity contribution in [1.82, 2.24) is 0 Å². The molecule has 0 saturated carbocycles. The van der Waals surface area contributed by atoms with Crippen molar-refractivity contribution in [1.29, 1.82) is 0 Å². The van der Waals surface area contributed by atoms with Crippen LogP contribution in [0.3, 0.4) is 0 Å². The van der Waals surface area contributed by atoms with Gasteiger partial charge in [0.05, 0.1) is 6.61 Å². The number of esters is 1. The Kier molecular flexibility index (Phi) is 5.51. The Morgan fingerprint density at radius 2 is 2.07 bits per heavy atom. The van der Waals surface area contributed by atoms with Crippen LogP contribution in [0.5, 0.6) is 0 Å². The highest BCUT2D eigenvalue weighted by Crippen LogP contribution is 2.23. The predicted octanol–water partition coefficient (Wildman–Crippen LogP) is 3.18. The van der Waals surface area contributed by atoms with E-state index in [0.717, 1.165) is 12.8 Å². The van der Waals surface area contributed by atoms with Gasteiger partial charge < -0.3 is 4.74 Å². The molecule has 0 spiro atoms. The van der Waals surface area contributed by atoms with Crippen LogP contribution in [0.25, 0.3) is 0 Å². The summed E-state index contributed by atoms with van der Waals surface area (Å²) in [4.78, 5) is 10.8. The SMILES string of the molecule is C=CC(=O)OCC(C)CCC(C)(C)C. The van der Waals surface area contributed by atoms with Crippen molar-refractivity contribution in [2.24, 2.45) is 11.3 Å². The lowest BCUT2D eigenvalue weighted by Gasteiger charge is -2.20. The first-order chi connectivity index (χ1) is 6.35. The Balaban J connectivity index is 3.61. The lowest BCUT2D eigenvalue weighted by Crippen LogP contribution is -2.13. The summed E-state index contributed by atoms with van der Waals surface area (Å²) in [5.74, 6) is 0.103. The Bertz CT molecular complexity index is 189. The first kappa shape index (κ1) is 13.2. The van der Waals surface area contributed by atoms with Gasteiger partial charge in [0, 0.05) is 6.08 Å². The minimum absolute atomic E-state index is 0.326. The van der Waals surface area contributed by atoms with Crippen molar-refractivity contribution in [3.05, 3.63) is 12.7 Å². The lowest BCUT2D eigenvalue weighted by molar-refractivity contribution is -0.139. The fourth-order valence-corrected chi connectivity index (χ4v) is 1.05. The molecule has 0 bridgehead atoms. The number of rotatable bonds is 5. The van der Waals surface area contributed by atoms with Crippen LogP contribution in [0.1, 0.15) is 40.5 Å². The molecular weight excluding hydrogens is 176 g/mol. The zero-order valence-corrected chi connectivity index (χ0v) is 9.80. The molecule has 0 N–H and O–H groups in total. The molecule has 0 saturated heterocycles. The molecular formula is C12H22O2. The highest BCUT2D eigenvalue weighted by Gasteiger charge is 2.13. The Morgan fingerprint density at radius 1 is 1.50 bits per heavy atom. The van der Waals surface area contributed by atoms with Crippen LogP contribution in [0.15, 0.2) is 12.7 Å². The summed E-state index contributed by atoms with van der Waals surface area (Å²) in [5, 5.41) is 0. The van der Waals surface area contributed by atoms with Gasteiger partial charge in [-0.1, -0.05) is 34.3 Å². The van der Waals surface area contributed by atoms with Crippen molar-refractivity contribution < 1.29 is 9.53 Å². The summed E-state index contributed by atoms with van der Waals surface area (Å²) in [6.45, 7) is 12.6. The Hall–Kier alpha value is -0.790. The molecule has 0 aliphatic heterocycles. The number of hydrogen-bond acceptors (Lipinski definition) is 2. The van der Waals surface area contributed by atoms with E-state index < -0.39 is 0 Å². The van der Waals surface area contributed by atoms with Crippen molar-refractivity contribution in [3.8, 4) is 0 Å². The molecule has 0 radical (unpaired) electrons. The van der Waals surface area contributed by atoms with Gasteiger partial charge in [-0.15, -0.1) is 0 Å². The average Bonchev–Trinajstić information content (AvgIpc) is 2.09. The quantitative estimate of drug-likeness (QED) is 0.501. The van der Waals surface area contributed by atoms with Gasteiger partial charge in [0.2, 0.25) is 0 Å². The molecule has 0 aliphatic rings. The van der Waals surface area contributed by atoms with E-state index >= 15 is 0 Å². The highest BCUT2D eigenvalue weighted by atomic mass is 16.5. The van der Waals surface area contributed by atoms with E-state index in [0.29, 0.717) is 17.9 Å². The highest BCUT2D eigenvalue weighted by molar-refractivity contribution is 5.81. The zero-order valence-electron chi connectivity index (χ0n) is 9.80. The molecule has 0 aromatic heterocycles. The maximum absolute atomic E-state index is 10.8. The molecule has 14 heavy (non-hydrogen) atoms. The predicted molar refractivity (Wildman–Crippen MR) is 59.0 cm³/mol. The minimum atomic E-state index is -0.326. The summed E-state index contributed by atoms with van der Waals surface area (Å²) in [6, 6.07) is 0. The summed E-state index contributed by atoms with van der Waals surface area (Å²) in [5.41, 5.74) is 0.358. The van der Waals surface area contributed by atoms with Crippen LogP contribution in [-0.4, -0.2) is 12.6 Å². The molecule has 0 aliphatic carbocycles. The van der Waals surface area contributed by atoms with Gasteiger partial charge in [-0.25, -0.2) is 4.79 Å². The van der Waals surface area contributed by atoms with E-state index in [-0.39, 0.29) is 5.97 Å². The van der Waals surface area contributed by atoms with Crippen molar-refractivity contribution in [3.63, 3.8) is 0 Å². The van der Waals surface area contributed by atoms with Gasteiger partial charge in [-0.3, -0.25) is 0 Å². The maximum Gasteiger partial charge on any atom is 0.330 e. The largest absolute Gasteiger partial charge is 0.462 e. The normalized spacial score (nSPS) is 13.4. The second kappa shape index (κ2) is 5.84. The second-order valence-electron chi connectivity index (χ2n) is 5.04. The van der Waals surface area contributed by atoms with Crippen LogP contribution in [0.4, 0.5) is 0 Å². The third-order valence-electron chi connectivity index (χ3n) is 2.06. The topological polar surface area (TPSA) is 26.3 Å². The lowest BCUT2D eigenvalue weighted by atomic mass is 9.87. The first-order valence-electron chi connectivity index (χ1n) is 5.14. The third-order valence-corrected chi connectivity index (χ3v) is 2.06. The number of carbonyl (C=O) groups is 1. The van der Waals surface area contributed by atoms with Gasteiger partial charge in [0.15, 0.2) is 0 Å². The molecule has 0 amide bonds. The van der Waals surface area contributed by atoms with Crippen molar-refractivity contribution >= 4 is 5.97 Å². The van der Waals surface area contributed by atoms with E-state index in [2.05, 4.69) is 34.3 Å². The molecule has 2 nitrogen and oxygen atoms in total. The fourth-order valence-electron chi connectivity index (χ4n) is 1.05. The monoisotopic (exact) mass is 198 g/mol. The maximum atomic E-state index is 10.8. The average molecular weight is 198 g/mol. The van der Waals surface area contributed by atoms with Crippen molar-refractivity contribution in [2.45, 2.75) is 40.5 Å². The van der Waals surface area contributed by atoms with Crippen LogP contribution in [0, 0.1) is 11.3 Å². The van der Waals surface area contributed by atoms with Crippen LogP contribution in [-0.2, 0) is 9.53 Å². The van der Waals surface area contributed by atoms with E-state index in [4.69, 9.17) is 4.74 Å². The molecule has 82 valence electrons. The Morgan fingerprint density at radius 3 is 2.50 bits per heavy atom. The number of carbonyl (C=O) groups excluding carboxylic acids is 1. The molecule has 1 atom stereocenters. The molecule has 2 heteroatoms. The summed E-state index contributed by atoms with van der Waals surface area (Å²) in [6.07, 6.45) is 3.45. The fraction of sp³-hybridized carbons (Fsp3) is 0.750. The van der Waals surface area contributed by atoms with Gasteiger partial charge in [-0.05, 0) is 24.2 Å². The number of ether oxygens (including phenoxy) is 1. The third kappa shape index (κ3) is 7.84. The van der Waals surface area contributed by atoms with Gasteiger partial charge in [0.1, 0.15) is 0 Å². The number of hydrogen-bond donors (Lipinski definition) is 0. The van der Waals surface area contributed by atoms with Crippen molar-refractivity contribution in [2.75, 3.05) is 6.61 Å². The standard InChI is InChI=1S/C12H22O2/c1-6-11(13)14-9-10(2)7-8-12(3,4)5/h6,10H,1,7-9H2,2-5H3. The molecule has 0 aromatic carbocycles. The smallest absolute Gasteiger partial charge is 0.330 e. The van der Waals surface area contributed by atoms with E-state index in [1.54, 1.807) is 0 Å². The molecule has 1 unspecified atom stereocenters. The zero-order chi connectivity index (χ0) is 11.2. The minimum Gasteiger partial charge on any atom is -0.462 e. The molecule has 0 aromatic rings. The van der Waals surface area contributed by atoms with Crippen LogP contribution in [0.2, 0.25) is 0 Å². The summed E-state index contributed by atoms with van der Waals surface area (Å²) >= 11 is 0. The van der Waals surface area contributed by atoms with Crippen LogP contribution >= 0.6 is 0 Å². The summed E-state index contributed by atoms with van der Waals surface area (Å²) in [7, 11) is 0. The Labute approximate surface area is 87.3 Å². The van der Waals surface area contributed by atoms with Gasteiger partial charge >= 0.3 is 5.97 Å². The molecule has 0 fully saturated rings. The van der Waals surface area contributed by atoms with Gasteiger partial charge in [0.25, 0.3) is 0 Å².